The van der Waals surface area contributed by atoms with Gasteiger partial charge in [0.25, 0.3) is 5.91 Å². The van der Waals surface area contributed by atoms with Gasteiger partial charge in [0.1, 0.15) is 5.75 Å². The number of amides is 1. The smallest absolute Gasteiger partial charge is 0.288 e. The maximum atomic E-state index is 13.5. The number of hydrogen-bond acceptors (Lipinski definition) is 8. The molecule has 3 heterocycles. The number of carbonyl (C=O) groups excluding carboxylic acids is 1. The lowest BCUT2D eigenvalue weighted by Crippen LogP contribution is -2.49. The van der Waals surface area contributed by atoms with Crippen molar-refractivity contribution in [3.63, 3.8) is 0 Å². The predicted molar refractivity (Wildman–Crippen MR) is 154 cm³/mol. The van der Waals surface area contributed by atoms with Crippen molar-refractivity contribution < 1.29 is 32.5 Å². The highest BCUT2D eigenvalue weighted by atomic mass is 32.2. The van der Waals surface area contributed by atoms with E-state index in [9.17, 15) is 18.3 Å². The highest BCUT2D eigenvalue weighted by Gasteiger charge is 2.39. The molecule has 1 amide bonds. The summed E-state index contributed by atoms with van der Waals surface area (Å²) < 4.78 is 44.9. The number of aliphatic hydroxyl groups excluding tert-OH is 1. The monoisotopic (exact) mass is 591 g/mol. The van der Waals surface area contributed by atoms with E-state index in [2.05, 4.69) is 4.90 Å². The number of methoxy groups -OCH3 is 1. The minimum absolute atomic E-state index is 0.0506. The number of likely N-dealkylation sites (tertiary alicyclic amines) is 2. The molecular weight excluding hydrogens is 546 g/mol. The Kier molecular flexibility index (Phi) is 10.2. The van der Waals surface area contributed by atoms with Crippen LogP contribution in [0.25, 0.3) is 0 Å². The van der Waals surface area contributed by atoms with Crippen LogP contribution in [-0.4, -0.2) is 105 Å². The SMILES string of the molecule is COc1ccc(S(=O)(=O)N(CCO)CCO[C@H]2C[C@@H](C3CC3)C=C(C(=O)N3CCC(N4CCCCC4)CC3)O2)cc1. The maximum Gasteiger partial charge on any atom is 0.288 e. The maximum absolute atomic E-state index is 13.5. The van der Waals surface area contributed by atoms with Gasteiger partial charge < -0.3 is 29.1 Å². The first-order valence-corrected chi connectivity index (χ1v) is 16.6. The zero-order chi connectivity index (χ0) is 28.8. The molecule has 1 saturated carbocycles. The minimum atomic E-state index is -3.84. The number of ether oxygens (including phenoxy) is 3. The summed E-state index contributed by atoms with van der Waals surface area (Å²) in [4.78, 5) is 18.2. The van der Waals surface area contributed by atoms with Crippen LogP contribution in [0, 0.1) is 11.8 Å². The highest BCUT2D eigenvalue weighted by molar-refractivity contribution is 7.89. The predicted octanol–water partition coefficient (Wildman–Crippen LogP) is 2.83. The van der Waals surface area contributed by atoms with E-state index >= 15 is 0 Å². The molecule has 0 radical (unpaired) electrons. The van der Waals surface area contributed by atoms with Gasteiger partial charge >= 0.3 is 0 Å². The summed E-state index contributed by atoms with van der Waals surface area (Å²) in [6.45, 7) is 3.59. The Morgan fingerprint density at radius 3 is 2.37 bits per heavy atom. The number of nitrogens with zero attached hydrogens (tertiary/aromatic N) is 3. The van der Waals surface area contributed by atoms with Crippen LogP contribution in [0.4, 0.5) is 0 Å². The van der Waals surface area contributed by atoms with E-state index in [1.807, 2.05) is 11.0 Å². The van der Waals surface area contributed by atoms with Crippen molar-refractivity contribution in [3.8, 4) is 5.75 Å². The number of benzene rings is 1. The van der Waals surface area contributed by atoms with E-state index in [1.165, 1.54) is 55.9 Å². The van der Waals surface area contributed by atoms with Crippen LogP contribution in [0.1, 0.15) is 51.4 Å². The second-order valence-corrected chi connectivity index (χ2v) is 13.5. The molecule has 1 N–H and O–H groups in total. The normalized spacial score (nSPS) is 24.7. The number of rotatable bonds is 12. The molecule has 1 aromatic carbocycles. The van der Waals surface area contributed by atoms with Crippen LogP contribution in [0.3, 0.4) is 0 Å². The molecule has 10 nitrogen and oxygen atoms in total. The molecule has 1 aromatic rings. The fourth-order valence-corrected chi connectivity index (χ4v) is 7.73. The lowest BCUT2D eigenvalue weighted by Gasteiger charge is -2.40. The molecule has 0 bridgehead atoms. The molecule has 41 heavy (non-hydrogen) atoms. The van der Waals surface area contributed by atoms with Crippen LogP contribution in [0.5, 0.6) is 5.75 Å². The van der Waals surface area contributed by atoms with Gasteiger partial charge in [0.2, 0.25) is 16.3 Å². The van der Waals surface area contributed by atoms with Gasteiger partial charge in [-0.05, 0) is 93.8 Å². The molecule has 0 unspecified atom stereocenters. The van der Waals surface area contributed by atoms with E-state index in [0.717, 1.165) is 38.8 Å². The molecule has 3 aliphatic heterocycles. The van der Waals surface area contributed by atoms with E-state index in [1.54, 1.807) is 12.1 Å². The molecule has 4 aliphatic rings. The van der Waals surface area contributed by atoms with E-state index in [-0.39, 0.29) is 43.0 Å². The first-order valence-electron chi connectivity index (χ1n) is 15.2. The summed E-state index contributed by atoms with van der Waals surface area (Å²) in [5.74, 6) is 1.62. The summed E-state index contributed by atoms with van der Waals surface area (Å²) >= 11 is 0. The minimum Gasteiger partial charge on any atom is -0.497 e. The Morgan fingerprint density at radius 2 is 1.73 bits per heavy atom. The molecule has 1 aliphatic carbocycles. The van der Waals surface area contributed by atoms with Gasteiger partial charge in [0.05, 0.1) is 25.2 Å². The second-order valence-electron chi connectivity index (χ2n) is 11.6. The lowest BCUT2D eigenvalue weighted by molar-refractivity contribution is -0.156. The number of hydrogen-bond donors (Lipinski definition) is 1. The quantitative estimate of drug-likeness (QED) is 0.396. The van der Waals surface area contributed by atoms with Gasteiger partial charge in [0, 0.05) is 38.6 Å². The lowest BCUT2D eigenvalue weighted by atomic mass is 9.95. The van der Waals surface area contributed by atoms with Crippen LogP contribution in [-0.2, 0) is 24.3 Å². The Balaban J connectivity index is 1.16. The summed E-state index contributed by atoms with van der Waals surface area (Å²) in [7, 11) is -2.32. The van der Waals surface area contributed by atoms with Crippen molar-refractivity contribution in [2.24, 2.45) is 11.8 Å². The van der Waals surface area contributed by atoms with Crippen molar-refractivity contribution in [2.75, 3.05) is 59.6 Å². The molecule has 0 aromatic heterocycles. The van der Waals surface area contributed by atoms with Crippen LogP contribution in [0.15, 0.2) is 41.0 Å². The number of sulfonamides is 1. The summed E-state index contributed by atoms with van der Waals surface area (Å²) in [6, 6.07) is 6.72. The van der Waals surface area contributed by atoms with E-state index in [4.69, 9.17) is 14.2 Å². The molecule has 228 valence electrons. The zero-order valence-corrected chi connectivity index (χ0v) is 25.0. The average Bonchev–Trinajstić information content (AvgIpc) is 3.87. The van der Waals surface area contributed by atoms with Gasteiger partial charge in [-0.2, -0.15) is 4.31 Å². The number of allylic oxidation sites excluding steroid dienone is 1. The van der Waals surface area contributed by atoms with Crippen molar-refractivity contribution in [2.45, 2.75) is 68.6 Å². The van der Waals surface area contributed by atoms with Crippen LogP contribution >= 0.6 is 0 Å². The molecule has 0 spiro atoms. The summed E-state index contributed by atoms with van der Waals surface area (Å²) in [5.41, 5.74) is 0. The third-order valence-electron chi connectivity index (χ3n) is 8.88. The first kappa shape index (κ1) is 30.3. The van der Waals surface area contributed by atoms with Gasteiger partial charge in [-0.1, -0.05) is 6.42 Å². The highest BCUT2D eigenvalue weighted by Crippen LogP contribution is 2.43. The number of aliphatic hydroxyl groups is 1. The number of piperidine rings is 2. The van der Waals surface area contributed by atoms with Gasteiger partial charge in [-0.15, -0.1) is 0 Å². The third kappa shape index (κ3) is 7.62. The largest absolute Gasteiger partial charge is 0.497 e. The van der Waals surface area contributed by atoms with Crippen LogP contribution in [0.2, 0.25) is 0 Å². The third-order valence-corrected chi connectivity index (χ3v) is 10.8. The van der Waals surface area contributed by atoms with Gasteiger partial charge in [0.15, 0.2) is 5.76 Å². The van der Waals surface area contributed by atoms with Crippen molar-refractivity contribution in [1.29, 1.82) is 0 Å². The molecule has 11 heteroatoms. The molecule has 2 atom stereocenters. The van der Waals surface area contributed by atoms with Crippen LogP contribution < -0.4 is 4.74 Å². The van der Waals surface area contributed by atoms with E-state index in [0.29, 0.717) is 29.9 Å². The zero-order valence-electron chi connectivity index (χ0n) is 24.2. The first-order chi connectivity index (χ1) is 19.9. The average molecular weight is 592 g/mol. The molecular formula is C30H45N3O7S. The van der Waals surface area contributed by atoms with Crippen molar-refractivity contribution >= 4 is 15.9 Å². The van der Waals surface area contributed by atoms with E-state index < -0.39 is 16.3 Å². The molecule has 5 rings (SSSR count). The Labute approximate surface area is 244 Å². The second kappa shape index (κ2) is 13.9. The standard InChI is InChI=1S/C30H45N3O7S/c1-38-26-7-9-27(10-8-26)41(36,37)33(17-19-34)18-20-39-29-22-24(23-5-6-23)21-28(40-29)30(35)32-15-11-25(12-16-32)31-13-3-2-4-14-31/h7-10,21,23-25,29,34H,2-6,11-20,22H2,1H3/t24-,29+/m0/s1. The topological polar surface area (TPSA) is 109 Å². The number of carbonyl (C=O) groups is 1. The van der Waals surface area contributed by atoms with Crippen molar-refractivity contribution in [1.82, 2.24) is 14.1 Å². The van der Waals surface area contributed by atoms with Gasteiger partial charge in [-0.25, -0.2) is 8.42 Å². The Hall–Kier alpha value is -2.18. The van der Waals surface area contributed by atoms with Gasteiger partial charge in [-0.3, -0.25) is 4.79 Å². The fraction of sp³-hybridized carbons (Fsp3) is 0.700. The summed E-state index contributed by atoms with van der Waals surface area (Å²) in [5, 5.41) is 9.55. The molecule has 3 fully saturated rings. The Bertz CT molecular complexity index is 1140. The Morgan fingerprint density at radius 1 is 1.02 bits per heavy atom. The van der Waals surface area contributed by atoms with Crippen molar-refractivity contribution in [3.05, 3.63) is 36.1 Å². The fourth-order valence-electron chi connectivity index (χ4n) is 6.31. The molecule has 2 saturated heterocycles. The summed E-state index contributed by atoms with van der Waals surface area (Å²) in [6.07, 6.45) is 10.2.